The number of fused-ring (bicyclic) bond motifs is 3. The largest absolute Gasteiger partial charge is 0.497 e. The number of halogens is 1. The molecule has 0 amide bonds. The molecular weight excluding hydrogens is 583 g/mol. The Morgan fingerprint density at radius 1 is 1.18 bits per heavy atom. The van der Waals surface area contributed by atoms with E-state index in [0.717, 1.165) is 12.1 Å². The third kappa shape index (κ3) is 5.93. The number of aliphatic imine (C=N–C) groups is 1. The minimum Gasteiger partial charge on any atom is -0.497 e. The summed E-state index contributed by atoms with van der Waals surface area (Å²) in [5, 5.41) is 3.94. The molecule has 1 aliphatic heterocycles. The van der Waals surface area contributed by atoms with E-state index in [-0.39, 0.29) is 30.0 Å². The summed E-state index contributed by atoms with van der Waals surface area (Å²) in [4.78, 5) is 25.1. The van der Waals surface area contributed by atoms with Crippen molar-refractivity contribution < 1.29 is 17.5 Å². The van der Waals surface area contributed by atoms with Crippen molar-refractivity contribution in [1.29, 1.82) is 0 Å². The number of aryl methyl sites for hydroxylation is 2. The summed E-state index contributed by atoms with van der Waals surface area (Å²) < 4.78 is 47.2. The molecule has 2 aromatic carbocycles. The first kappa shape index (κ1) is 30.5. The van der Waals surface area contributed by atoms with Crippen LogP contribution in [-0.4, -0.2) is 67.4 Å². The highest BCUT2D eigenvalue weighted by Crippen LogP contribution is 2.61. The molecule has 3 saturated carbocycles. The number of methoxy groups -OCH3 is 1. The molecule has 7 rings (SSSR count). The molecule has 1 aromatic heterocycles. The van der Waals surface area contributed by atoms with Crippen LogP contribution in [0.5, 0.6) is 5.75 Å². The Hall–Kier alpha value is -3.51. The van der Waals surface area contributed by atoms with Crippen LogP contribution in [0.4, 0.5) is 10.1 Å². The third-order valence-corrected chi connectivity index (χ3v) is 10.9. The second-order valence-corrected chi connectivity index (χ2v) is 15.1. The molecule has 3 aliphatic carbocycles. The van der Waals surface area contributed by atoms with Gasteiger partial charge in [-0.2, -0.15) is 0 Å². The van der Waals surface area contributed by atoms with Gasteiger partial charge in [0.15, 0.2) is 5.96 Å². The van der Waals surface area contributed by atoms with Gasteiger partial charge in [0.05, 0.1) is 42.7 Å². The maximum atomic E-state index is 14.4. The monoisotopic (exact) mass is 624 g/mol. The Labute approximate surface area is 257 Å². The highest BCUT2D eigenvalue weighted by molar-refractivity contribution is 7.88. The minimum absolute atomic E-state index is 0.170. The van der Waals surface area contributed by atoms with Gasteiger partial charge in [-0.05, 0) is 72.3 Å². The molecule has 4 aliphatic rings. The summed E-state index contributed by atoms with van der Waals surface area (Å²) in [7, 11) is -1.81. The van der Waals surface area contributed by atoms with Crippen LogP contribution >= 0.6 is 0 Å². The van der Waals surface area contributed by atoms with Crippen molar-refractivity contribution >= 4 is 32.6 Å². The van der Waals surface area contributed by atoms with Crippen LogP contribution in [0.2, 0.25) is 0 Å². The van der Waals surface area contributed by atoms with Crippen LogP contribution in [0.3, 0.4) is 0 Å². The van der Waals surface area contributed by atoms with E-state index in [0.29, 0.717) is 70.9 Å². The molecule has 0 radical (unpaired) electrons. The van der Waals surface area contributed by atoms with Crippen LogP contribution in [0.1, 0.15) is 39.2 Å². The predicted molar refractivity (Wildman–Crippen MR) is 170 cm³/mol. The van der Waals surface area contributed by atoms with Gasteiger partial charge in [0.1, 0.15) is 11.6 Å². The van der Waals surface area contributed by atoms with E-state index in [4.69, 9.17) is 9.73 Å². The fraction of sp³-hybridized carbons (Fsp3) is 0.531. The van der Waals surface area contributed by atoms with Crippen LogP contribution in [-0.2, 0) is 23.0 Å². The zero-order chi connectivity index (χ0) is 31.4. The fourth-order valence-electron chi connectivity index (χ4n) is 7.30. The van der Waals surface area contributed by atoms with Gasteiger partial charge in [0, 0.05) is 31.4 Å². The molecule has 0 spiro atoms. The molecule has 236 valence electrons. The normalized spacial score (nSPS) is 25.0. The highest BCUT2D eigenvalue weighted by atomic mass is 32.2. The summed E-state index contributed by atoms with van der Waals surface area (Å²) in [5.74, 6) is 2.52. The van der Waals surface area contributed by atoms with Gasteiger partial charge >= 0.3 is 0 Å². The number of rotatable bonds is 8. The van der Waals surface area contributed by atoms with E-state index in [1.807, 2.05) is 12.1 Å². The first-order valence-electron chi connectivity index (χ1n) is 15.2. The summed E-state index contributed by atoms with van der Waals surface area (Å²) >= 11 is 0. The lowest BCUT2D eigenvalue weighted by atomic mass is 9.45. The third-order valence-electron chi connectivity index (χ3n) is 10.1. The van der Waals surface area contributed by atoms with Gasteiger partial charge in [-0.1, -0.05) is 26.8 Å². The molecule has 2 N–H and O–H groups in total. The SMILES string of the molecule is COc1ccc(CCn2cnc3cc(NC(=N[C@H]4C[C@@H]5C[C@H]([C@@H]4C)C5(C)C)N4CC(NS(C)(=O)=O)C4)ccc3c2=O)c(F)c1. The lowest BCUT2D eigenvalue weighted by molar-refractivity contribution is -0.108. The van der Waals surface area contributed by atoms with Crippen molar-refractivity contribution in [2.24, 2.45) is 28.2 Å². The quantitative estimate of drug-likeness (QED) is 0.289. The van der Waals surface area contributed by atoms with E-state index in [1.54, 1.807) is 18.2 Å². The Bertz CT molecular complexity index is 1770. The number of nitrogens with one attached hydrogen (secondary N) is 2. The van der Waals surface area contributed by atoms with E-state index in [1.165, 1.54) is 36.7 Å². The first-order chi connectivity index (χ1) is 20.8. The summed E-state index contributed by atoms with van der Waals surface area (Å²) in [6, 6.07) is 10.1. The molecular formula is C32H41FN6O4S. The smallest absolute Gasteiger partial charge is 0.261 e. The molecule has 10 nitrogen and oxygen atoms in total. The molecule has 1 saturated heterocycles. The van der Waals surface area contributed by atoms with E-state index < -0.39 is 10.0 Å². The predicted octanol–water partition coefficient (Wildman–Crippen LogP) is 3.86. The van der Waals surface area contributed by atoms with Crippen LogP contribution in [0.25, 0.3) is 10.9 Å². The van der Waals surface area contributed by atoms with E-state index in [2.05, 4.69) is 40.7 Å². The summed E-state index contributed by atoms with van der Waals surface area (Å²) in [6.07, 6.45) is 5.31. The molecule has 44 heavy (non-hydrogen) atoms. The van der Waals surface area contributed by atoms with Gasteiger partial charge in [0.25, 0.3) is 5.56 Å². The standard InChI is InChI=1S/C32H41FN6O4S/c1-19-26-12-21(32(26,2)3)13-28(19)36-31(39-16-23(17-39)37-44(5,41)42)35-22-7-9-25-29(14-22)34-18-38(30(25)40)11-10-20-6-8-24(43-4)15-27(20)33/h6-9,14-15,18-19,21,23,26,28,37H,10-13,16-17H2,1-5H3,(H,35,36)/t19-,21-,26+,28-/m0/s1. The van der Waals surface area contributed by atoms with E-state index >= 15 is 0 Å². The molecule has 12 heteroatoms. The maximum absolute atomic E-state index is 14.4. The second kappa shape index (κ2) is 11.4. The zero-order valence-electron chi connectivity index (χ0n) is 25.9. The number of likely N-dealkylation sites (tertiary alicyclic amines) is 1. The van der Waals surface area contributed by atoms with Crippen molar-refractivity contribution in [1.82, 2.24) is 19.2 Å². The number of hydrogen-bond donors (Lipinski definition) is 2. The molecule has 2 bridgehead atoms. The van der Waals surface area contributed by atoms with Gasteiger partial charge in [-0.3, -0.25) is 9.36 Å². The Kier molecular flexibility index (Phi) is 7.94. The Morgan fingerprint density at radius 2 is 1.95 bits per heavy atom. The molecule has 3 aromatic rings. The van der Waals surface area contributed by atoms with Crippen molar-refractivity contribution in [3.05, 3.63) is 64.5 Å². The minimum atomic E-state index is -3.30. The number of guanidine groups is 1. The molecule has 0 unspecified atom stereocenters. The molecule has 2 heterocycles. The van der Waals surface area contributed by atoms with Crippen molar-refractivity contribution in [3.8, 4) is 5.75 Å². The van der Waals surface area contributed by atoms with E-state index in [9.17, 15) is 17.6 Å². The Balaban J connectivity index is 1.21. The van der Waals surface area contributed by atoms with Gasteiger partial charge < -0.3 is 15.0 Å². The topological polar surface area (TPSA) is 118 Å². The van der Waals surface area contributed by atoms with Crippen LogP contribution in [0, 0.1) is 29.0 Å². The number of benzene rings is 2. The summed E-state index contributed by atoms with van der Waals surface area (Å²) in [5.41, 5.74) is 1.94. The number of ether oxygens (including phenoxy) is 1. The number of hydrogen-bond acceptors (Lipinski definition) is 6. The van der Waals surface area contributed by atoms with Gasteiger partial charge in [-0.15, -0.1) is 0 Å². The number of nitrogens with zero attached hydrogens (tertiary/aromatic N) is 4. The average Bonchev–Trinajstić information content (AvgIpc) is 2.94. The molecule has 4 fully saturated rings. The second-order valence-electron chi connectivity index (χ2n) is 13.3. The highest BCUT2D eigenvalue weighted by Gasteiger charge is 2.56. The summed E-state index contributed by atoms with van der Waals surface area (Å²) in [6.45, 7) is 8.36. The first-order valence-corrected chi connectivity index (χ1v) is 17.1. The van der Waals surface area contributed by atoms with Crippen molar-refractivity contribution in [3.63, 3.8) is 0 Å². The lowest BCUT2D eigenvalue weighted by Crippen LogP contribution is -2.62. The molecule has 4 atom stereocenters. The number of sulfonamides is 1. The van der Waals surface area contributed by atoms with Gasteiger partial charge in [0.2, 0.25) is 10.0 Å². The average molecular weight is 625 g/mol. The number of aromatic nitrogens is 2. The van der Waals surface area contributed by atoms with Crippen LogP contribution in [0.15, 0.2) is 52.5 Å². The fourth-order valence-corrected chi connectivity index (χ4v) is 8.05. The Morgan fingerprint density at radius 3 is 2.61 bits per heavy atom. The van der Waals surface area contributed by atoms with Crippen LogP contribution < -0.4 is 20.3 Å². The van der Waals surface area contributed by atoms with Crippen molar-refractivity contribution in [2.75, 3.05) is 31.8 Å². The number of anilines is 1. The maximum Gasteiger partial charge on any atom is 0.261 e. The van der Waals surface area contributed by atoms with Crippen molar-refractivity contribution in [2.45, 2.75) is 58.7 Å². The van der Waals surface area contributed by atoms with Gasteiger partial charge in [-0.25, -0.2) is 27.5 Å². The zero-order valence-corrected chi connectivity index (χ0v) is 26.7. The lowest BCUT2D eigenvalue weighted by Gasteiger charge is -2.61.